The van der Waals surface area contributed by atoms with Gasteiger partial charge >= 0.3 is 0 Å². The normalized spacial score (nSPS) is 15.4. The highest BCUT2D eigenvalue weighted by Crippen LogP contribution is 2.21. The molecule has 0 bridgehead atoms. The molecule has 2 unspecified atom stereocenters. The Kier molecular flexibility index (Phi) is 3.82. The molecule has 2 heteroatoms. The van der Waals surface area contributed by atoms with E-state index in [9.17, 15) is 0 Å². The van der Waals surface area contributed by atoms with E-state index in [0.717, 1.165) is 5.56 Å². The Labute approximate surface area is 85.8 Å². The maximum atomic E-state index is 5.64. The first-order chi connectivity index (χ1) is 6.15. The molecule has 2 N–H and O–H groups in total. The molecule has 0 aliphatic carbocycles. The molecule has 1 nitrogen and oxygen atoms in total. The summed E-state index contributed by atoms with van der Waals surface area (Å²) in [7, 11) is 0. The zero-order valence-electron chi connectivity index (χ0n) is 8.20. The molecule has 1 rings (SSSR count). The molecule has 0 saturated heterocycles. The molecule has 0 aliphatic rings. The zero-order chi connectivity index (χ0) is 9.84. The fourth-order valence-corrected chi connectivity index (χ4v) is 1.43. The van der Waals surface area contributed by atoms with Crippen molar-refractivity contribution in [1.82, 2.24) is 0 Å². The van der Waals surface area contributed by atoms with Crippen LogP contribution in [0.3, 0.4) is 0 Å². The number of rotatable bonds is 3. The van der Waals surface area contributed by atoms with Crippen molar-refractivity contribution in [2.45, 2.75) is 31.6 Å². The lowest BCUT2D eigenvalue weighted by molar-refractivity contribution is 0.733. The van der Waals surface area contributed by atoms with Crippen LogP contribution in [0.15, 0.2) is 24.3 Å². The minimum absolute atomic E-state index is 0.161. The van der Waals surface area contributed by atoms with E-state index in [1.54, 1.807) is 0 Å². The van der Waals surface area contributed by atoms with E-state index in [-0.39, 0.29) is 5.37 Å². The Morgan fingerprint density at radius 1 is 1.23 bits per heavy atom. The third kappa shape index (κ3) is 2.75. The first-order valence-electron chi connectivity index (χ1n) is 4.68. The van der Waals surface area contributed by atoms with Crippen molar-refractivity contribution >= 4 is 12.6 Å². The highest BCUT2D eigenvalue weighted by Gasteiger charge is 2.03. The van der Waals surface area contributed by atoms with Crippen LogP contribution >= 0.6 is 12.6 Å². The smallest absolute Gasteiger partial charge is 0.0734 e. The van der Waals surface area contributed by atoms with Crippen molar-refractivity contribution in [2.75, 3.05) is 0 Å². The molecule has 0 radical (unpaired) electrons. The van der Waals surface area contributed by atoms with Gasteiger partial charge in [0.05, 0.1) is 5.37 Å². The summed E-state index contributed by atoms with van der Waals surface area (Å²) in [6.07, 6.45) is 1.17. The van der Waals surface area contributed by atoms with Crippen LogP contribution in [0.5, 0.6) is 0 Å². The van der Waals surface area contributed by atoms with Gasteiger partial charge in [-0.25, -0.2) is 0 Å². The summed E-state index contributed by atoms with van der Waals surface area (Å²) in [6.45, 7) is 4.43. The molecule has 0 spiro atoms. The molecule has 0 fully saturated rings. The molecule has 0 saturated carbocycles. The Morgan fingerprint density at radius 2 is 1.69 bits per heavy atom. The number of benzene rings is 1. The van der Waals surface area contributed by atoms with Gasteiger partial charge in [-0.3, -0.25) is 0 Å². The number of hydrogen-bond acceptors (Lipinski definition) is 2. The van der Waals surface area contributed by atoms with E-state index < -0.39 is 0 Å². The van der Waals surface area contributed by atoms with Crippen LogP contribution in [-0.4, -0.2) is 0 Å². The van der Waals surface area contributed by atoms with Gasteiger partial charge in [0.15, 0.2) is 0 Å². The van der Waals surface area contributed by atoms with Crippen molar-refractivity contribution in [1.29, 1.82) is 0 Å². The molecule has 13 heavy (non-hydrogen) atoms. The lowest BCUT2D eigenvalue weighted by atomic mass is 9.98. The molecule has 1 aromatic carbocycles. The van der Waals surface area contributed by atoms with E-state index in [0.29, 0.717) is 5.92 Å². The van der Waals surface area contributed by atoms with E-state index >= 15 is 0 Å². The van der Waals surface area contributed by atoms with E-state index in [2.05, 4.69) is 50.7 Å². The fraction of sp³-hybridized carbons (Fsp3) is 0.455. The number of hydrogen-bond donors (Lipinski definition) is 2. The summed E-state index contributed by atoms with van der Waals surface area (Å²) < 4.78 is 0. The molecule has 72 valence electrons. The predicted molar refractivity (Wildman–Crippen MR) is 61.1 cm³/mol. The second-order valence-corrected chi connectivity index (χ2v) is 3.98. The van der Waals surface area contributed by atoms with Gasteiger partial charge < -0.3 is 5.73 Å². The quantitative estimate of drug-likeness (QED) is 0.562. The number of nitrogens with two attached hydrogens (primary N) is 1. The Balaban J connectivity index is 2.81. The highest BCUT2D eigenvalue weighted by atomic mass is 32.1. The minimum atomic E-state index is -0.161. The Bertz CT molecular complexity index is 253. The summed E-state index contributed by atoms with van der Waals surface area (Å²) in [5.41, 5.74) is 8.09. The van der Waals surface area contributed by atoms with Gasteiger partial charge in [0.1, 0.15) is 0 Å². The topological polar surface area (TPSA) is 26.0 Å². The maximum Gasteiger partial charge on any atom is 0.0734 e. The monoisotopic (exact) mass is 195 g/mol. The van der Waals surface area contributed by atoms with Crippen molar-refractivity contribution in [3.8, 4) is 0 Å². The highest BCUT2D eigenvalue weighted by molar-refractivity contribution is 7.80. The predicted octanol–water partition coefficient (Wildman–Crippen LogP) is 3.09. The first-order valence-corrected chi connectivity index (χ1v) is 5.20. The van der Waals surface area contributed by atoms with Crippen LogP contribution < -0.4 is 5.73 Å². The van der Waals surface area contributed by atoms with Gasteiger partial charge in [-0.15, -0.1) is 0 Å². The van der Waals surface area contributed by atoms with Crippen LogP contribution in [0, 0.1) is 0 Å². The second-order valence-electron chi connectivity index (χ2n) is 3.42. The summed E-state index contributed by atoms with van der Waals surface area (Å²) in [4.78, 5) is 0. The average Bonchev–Trinajstić information content (AvgIpc) is 2.17. The summed E-state index contributed by atoms with van der Waals surface area (Å²) >= 11 is 4.17. The molecule has 2 atom stereocenters. The van der Waals surface area contributed by atoms with Crippen LogP contribution in [0.25, 0.3) is 0 Å². The van der Waals surface area contributed by atoms with E-state index in [4.69, 9.17) is 5.73 Å². The van der Waals surface area contributed by atoms with Gasteiger partial charge in [0.2, 0.25) is 0 Å². The van der Waals surface area contributed by atoms with Crippen LogP contribution in [-0.2, 0) is 0 Å². The Hall–Kier alpha value is -0.470. The van der Waals surface area contributed by atoms with E-state index in [1.807, 2.05) is 0 Å². The lowest BCUT2D eigenvalue weighted by Gasteiger charge is -2.10. The third-order valence-electron chi connectivity index (χ3n) is 2.46. The Morgan fingerprint density at radius 3 is 2.08 bits per heavy atom. The van der Waals surface area contributed by atoms with Gasteiger partial charge in [0, 0.05) is 0 Å². The zero-order valence-corrected chi connectivity index (χ0v) is 9.09. The molecular weight excluding hydrogens is 178 g/mol. The number of thiol groups is 1. The molecule has 0 amide bonds. The van der Waals surface area contributed by atoms with Gasteiger partial charge in [-0.2, -0.15) is 12.6 Å². The van der Waals surface area contributed by atoms with Crippen molar-refractivity contribution in [2.24, 2.45) is 5.73 Å². The van der Waals surface area contributed by atoms with Gasteiger partial charge in [-0.05, 0) is 23.5 Å². The summed E-state index contributed by atoms with van der Waals surface area (Å²) in [5, 5.41) is -0.161. The van der Waals surface area contributed by atoms with Crippen molar-refractivity contribution < 1.29 is 0 Å². The molecular formula is C11H17NS. The molecule has 0 aliphatic heterocycles. The lowest BCUT2D eigenvalue weighted by Crippen LogP contribution is -2.02. The second kappa shape index (κ2) is 4.68. The molecule has 0 aromatic heterocycles. The maximum absolute atomic E-state index is 5.64. The van der Waals surface area contributed by atoms with Crippen molar-refractivity contribution in [3.63, 3.8) is 0 Å². The molecule has 0 heterocycles. The van der Waals surface area contributed by atoms with Crippen LogP contribution in [0.2, 0.25) is 0 Å². The SMILES string of the molecule is CCC(C)c1ccc(C(N)S)cc1. The third-order valence-corrected chi connectivity index (χ3v) is 2.76. The van der Waals surface area contributed by atoms with Crippen LogP contribution in [0.1, 0.15) is 42.7 Å². The molecule has 1 aromatic rings. The fourth-order valence-electron chi connectivity index (χ4n) is 1.26. The van der Waals surface area contributed by atoms with Crippen LogP contribution in [0.4, 0.5) is 0 Å². The van der Waals surface area contributed by atoms with Crippen molar-refractivity contribution in [3.05, 3.63) is 35.4 Å². The largest absolute Gasteiger partial charge is 0.316 e. The van der Waals surface area contributed by atoms with Gasteiger partial charge in [-0.1, -0.05) is 38.1 Å². The van der Waals surface area contributed by atoms with Gasteiger partial charge in [0.25, 0.3) is 0 Å². The average molecular weight is 195 g/mol. The summed E-state index contributed by atoms with van der Waals surface area (Å²) in [5.74, 6) is 0.630. The minimum Gasteiger partial charge on any atom is -0.316 e. The first kappa shape index (κ1) is 10.6. The standard InChI is InChI=1S/C11H17NS/c1-3-8(2)9-4-6-10(7-5-9)11(12)13/h4-8,11,13H,3,12H2,1-2H3. The summed E-state index contributed by atoms with van der Waals surface area (Å²) in [6, 6.07) is 8.39. The van der Waals surface area contributed by atoms with E-state index in [1.165, 1.54) is 12.0 Å².